The van der Waals surface area contributed by atoms with Crippen molar-refractivity contribution in [3.05, 3.63) is 48.2 Å². The van der Waals surface area contributed by atoms with Crippen LogP contribution in [0.1, 0.15) is 18.9 Å². The van der Waals surface area contributed by atoms with Crippen LogP contribution in [0.4, 0.5) is 30.4 Å². The highest BCUT2D eigenvalue weighted by Gasteiger charge is 2.30. The Morgan fingerprint density at radius 3 is 2.23 bits per heavy atom. The quantitative estimate of drug-likeness (QED) is 0.890. The van der Waals surface area contributed by atoms with Crippen molar-refractivity contribution >= 4 is 23.1 Å². The highest BCUT2D eigenvalue weighted by molar-refractivity contribution is 5.90. The monoisotopic (exact) mass is 309 g/mol. The van der Waals surface area contributed by atoms with E-state index in [1.165, 1.54) is 6.07 Å². The van der Waals surface area contributed by atoms with E-state index in [9.17, 15) is 18.0 Å². The van der Waals surface area contributed by atoms with E-state index in [4.69, 9.17) is 0 Å². The fourth-order valence-electron chi connectivity index (χ4n) is 1.67. The predicted molar refractivity (Wildman–Crippen MR) is 77.9 cm³/mol. The highest BCUT2D eigenvalue weighted by atomic mass is 19.4. The lowest BCUT2D eigenvalue weighted by atomic mass is 10.2. The summed E-state index contributed by atoms with van der Waals surface area (Å²) in [6.07, 6.45) is -3.24. The summed E-state index contributed by atoms with van der Waals surface area (Å²) in [4.78, 5) is 15.0. The first kappa shape index (κ1) is 15.8. The van der Waals surface area contributed by atoms with Gasteiger partial charge in [0.15, 0.2) is 0 Å². The molecule has 22 heavy (non-hydrogen) atoms. The van der Waals surface area contributed by atoms with Crippen molar-refractivity contribution in [2.45, 2.75) is 19.5 Å². The molecule has 1 aromatic carbocycles. The molecule has 0 aliphatic heterocycles. The molecular formula is C15H14F3N3O. The van der Waals surface area contributed by atoms with Crippen molar-refractivity contribution < 1.29 is 18.0 Å². The van der Waals surface area contributed by atoms with Crippen LogP contribution in [0.5, 0.6) is 0 Å². The number of pyridine rings is 1. The molecule has 2 N–H and O–H groups in total. The molecule has 0 aliphatic carbocycles. The van der Waals surface area contributed by atoms with E-state index >= 15 is 0 Å². The average molecular weight is 309 g/mol. The van der Waals surface area contributed by atoms with Gasteiger partial charge in [0.1, 0.15) is 5.82 Å². The molecule has 1 aromatic heterocycles. The van der Waals surface area contributed by atoms with Gasteiger partial charge < -0.3 is 10.6 Å². The number of hydrogen-bond donors (Lipinski definition) is 2. The third-order valence-electron chi connectivity index (χ3n) is 2.85. The van der Waals surface area contributed by atoms with Gasteiger partial charge in [0.05, 0.1) is 5.56 Å². The second kappa shape index (κ2) is 6.46. The number of anilines is 3. The van der Waals surface area contributed by atoms with Crippen molar-refractivity contribution in [2.75, 3.05) is 10.6 Å². The summed E-state index contributed by atoms with van der Waals surface area (Å²) in [7, 11) is 0. The van der Waals surface area contributed by atoms with Crippen LogP contribution in [0.3, 0.4) is 0 Å². The number of rotatable bonds is 4. The van der Waals surface area contributed by atoms with Crippen molar-refractivity contribution in [3.8, 4) is 0 Å². The van der Waals surface area contributed by atoms with Gasteiger partial charge in [-0.15, -0.1) is 0 Å². The van der Waals surface area contributed by atoms with Gasteiger partial charge >= 0.3 is 6.18 Å². The largest absolute Gasteiger partial charge is 0.417 e. The maximum absolute atomic E-state index is 12.4. The zero-order valence-corrected chi connectivity index (χ0v) is 11.7. The normalized spacial score (nSPS) is 11.1. The van der Waals surface area contributed by atoms with Crippen LogP contribution in [0.25, 0.3) is 0 Å². The zero-order chi connectivity index (χ0) is 16.2. The van der Waals surface area contributed by atoms with Gasteiger partial charge in [-0.3, -0.25) is 4.79 Å². The number of nitrogens with one attached hydrogen (secondary N) is 2. The van der Waals surface area contributed by atoms with E-state index in [-0.39, 0.29) is 5.91 Å². The molecule has 1 heterocycles. The SMILES string of the molecule is CCC(=O)Nc1ccc(Nc2ccc(C(F)(F)F)cn2)cc1. The molecule has 4 nitrogen and oxygen atoms in total. The first-order chi connectivity index (χ1) is 10.4. The second-order valence-electron chi connectivity index (χ2n) is 4.53. The van der Waals surface area contributed by atoms with Gasteiger partial charge in [-0.05, 0) is 36.4 Å². The maximum Gasteiger partial charge on any atom is 0.417 e. The number of aromatic nitrogens is 1. The molecule has 0 saturated heterocycles. The molecule has 1 amide bonds. The Hall–Kier alpha value is -2.57. The number of carbonyl (C=O) groups is 1. The predicted octanol–water partition coefficient (Wildman–Crippen LogP) is 4.19. The summed E-state index contributed by atoms with van der Waals surface area (Å²) < 4.78 is 37.3. The minimum Gasteiger partial charge on any atom is -0.340 e. The van der Waals surface area contributed by atoms with Crippen LogP contribution in [-0.2, 0) is 11.0 Å². The van der Waals surface area contributed by atoms with Gasteiger partial charge in [0, 0.05) is 24.0 Å². The van der Waals surface area contributed by atoms with E-state index in [2.05, 4.69) is 15.6 Å². The van der Waals surface area contributed by atoms with Crippen molar-refractivity contribution in [2.24, 2.45) is 0 Å². The fourth-order valence-corrected chi connectivity index (χ4v) is 1.67. The molecule has 7 heteroatoms. The molecule has 0 radical (unpaired) electrons. The van der Waals surface area contributed by atoms with E-state index in [1.807, 2.05) is 0 Å². The van der Waals surface area contributed by atoms with Gasteiger partial charge in [0.2, 0.25) is 5.91 Å². The van der Waals surface area contributed by atoms with E-state index in [1.54, 1.807) is 31.2 Å². The summed E-state index contributed by atoms with van der Waals surface area (Å²) in [6.45, 7) is 1.75. The molecule has 0 aliphatic rings. The lowest BCUT2D eigenvalue weighted by Gasteiger charge is -2.09. The van der Waals surface area contributed by atoms with E-state index in [0.29, 0.717) is 23.6 Å². The summed E-state index contributed by atoms with van der Waals surface area (Å²) in [5.74, 6) is 0.212. The fraction of sp³-hybridized carbons (Fsp3) is 0.200. The number of carbonyl (C=O) groups excluding carboxylic acids is 1. The Morgan fingerprint density at radius 2 is 1.73 bits per heavy atom. The topological polar surface area (TPSA) is 54.0 Å². The van der Waals surface area contributed by atoms with Crippen molar-refractivity contribution in [1.82, 2.24) is 4.98 Å². The first-order valence-electron chi connectivity index (χ1n) is 6.58. The Kier molecular flexibility index (Phi) is 4.65. The van der Waals surface area contributed by atoms with Gasteiger partial charge in [-0.2, -0.15) is 13.2 Å². The summed E-state index contributed by atoms with van der Waals surface area (Å²) in [5.41, 5.74) is 0.509. The van der Waals surface area contributed by atoms with Crippen LogP contribution in [0, 0.1) is 0 Å². The first-order valence-corrected chi connectivity index (χ1v) is 6.58. The highest BCUT2D eigenvalue weighted by Crippen LogP contribution is 2.29. The van der Waals surface area contributed by atoms with Crippen LogP contribution >= 0.6 is 0 Å². The minimum absolute atomic E-state index is 0.0925. The number of nitrogens with zero attached hydrogens (tertiary/aromatic N) is 1. The third kappa shape index (κ3) is 4.21. The zero-order valence-electron chi connectivity index (χ0n) is 11.7. The Balaban J connectivity index is 2.03. The maximum atomic E-state index is 12.4. The molecule has 0 bridgehead atoms. The lowest BCUT2D eigenvalue weighted by molar-refractivity contribution is -0.137. The lowest BCUT2D eigenvalue weighted by Crippen LogP contribution is -2.09. The number of benzene rings is 1. The third-order valence-corrected chi connectivity index (χ3v) is 2.85. The number of amides is 1. The molecule has 0 unspecified atom stereocenters. The molecule has 116 valence electrons. The summed E-state index contributed by atoms with van der Waals surface area (Å²) >= 11 is 0. The van der Waals surface area contributed by atoms with Crippen molar-refractivity contribution in [3.63, 3.8) is 0 Å². The average Bonchev–Trinajstić information content (AvgIpc) is 2.49. The summed E-state index contributed by atoms with van der Waals surface area (Å²) in [5, 5.41) is 5.59. The Bertz CT molecular complexity index is 637. The second-order valence-corrected chi connectivity index (χ2v) is 4.53. The Morgan fingerprint density at radius 1 is 1.09 bits per heavy atom. The molecule has 0 atom stereocenters. The molecular weight excluding hydrogens is 295 g/mol. The molecule has 2 rings (SSSR count). The smallest absolute Gasteiger partial charge is 0.340 e. The van der Waals surface area contributed by atoms with E-state index in [0.717, 1.165) is 12.3 Å². The standard InChI is InChI=1S/C15H14F3N3O/c1-2-14(22)21-12-6-4-11(5-7-12)20-13-8-3-10(9-19-13)15(16,17)18/h3-9H,2H2,1H3,(H,19,20)(H,21,22). The molecule has 0 spiro atoms. The van der Waals surface area contributed by atoms with Gasteiger partial charge in [-0.25, -0.2) is 4.98 Å². The van der Waals surface area contributed by atoms with Gasteiger partial charge in [0.25, 0.3) is 0 Å². The minimum atomic E-state index is -4.40. The van der Waals surface area contributed by atoms with Crippen LogP contribution in [0.2, 0.25) is 0 Å². The number of hydrogen-bond acceptors (Lipinski definition) is 3. The number of alkyl halides is 3. The molecule has 0 fully saturated rings. The number of halogens is 3. The van der Waals surface area contributed by atoms with Crippen LogP contribution < -0.4 is 10.6 Å². The summed E-state index contributed by atoms with van der Waals surface area (Å²) in [6, 6.07) is 9.01. The Labute approximate surface area is 125 Å². The van der Waals surface area contributed by atoms with Gasteiger partial charge in [-0.1, -0.05) is 6.92 Å². The van der Waals surface area contributed by atoms with Crippen molar-refractivity contribution in [1.29, 1.82) is 0 Å². The molecule has 0 saturated carbocycles. The molecule has 2 aromatic rings. The van der Waals surface area contributed by atoms with Crippen LogP contribution in [0.15, 0.2) is 42.6 Å². The van der Waals surface area contributed by atoms with Crippen LogP contribution in [-0.4, -0.2) is 10.9 Å². The van der Waals surface area contributed by atoms with E-state index < -0.39 is 11.7 Å².